The Morgan fingerprint density at radius 1 is 0.957 bits per heavy atom. The first-order valence-corrected chi connectivity index (χ1v) is 8.33. The van der Waals surface area contributed by atoms with E-state index in [-0.39, 0.29) is 5.91 Å². The van der Waals surface area contributed by atoms with Gasteiger partial charge in [0, 0.05) is 13.1 Å². The summed E-state index contributed by atoms with van der Waals surface area (Å²) in [6.45, 7) is 3.30. The van der Waals surface area contributed by atoms with Gasteiger partial charge in [0.2, 0.25) is 5.91 Å². The second-order valence-corrected chi connectivity index (χ2v) is 5.91. The summed E-state index contributed by atoms with van der Waals surface area (Å²) in [5.74, 6) is 0.0335. The van der Waals surface area contributed by atoms with Crippen molar-refractivity contribution in [2.24, 2.45) is 5.73 Å². The number of hydrogen-bond donors (Lipinski definition) is 1. The Labute approximate surface area is 139 Å². The second kappa shape index (κ2) is 9.11. The van der Waals surface area contributed by atoms with Gasteiger partial charge in [0.15, 0.2) is 0 Å². The lowest BCUT2D eigenvalue weighted by atomic mass is 10.1. The molecule has 0 fully saturated rings. The highest BCUT2D eigenvalue weighted by Gasteiger charge is 2.21. The molecule has 0 bridgehead atoms. The number of hydrogen-bond acceptors (Lipinski definition) is 2. The molecule has 122 valence electrons. The fourth-order valence-electron chi connectivity index (χ4n) is 2.60. The summed E-state index contributed by atoms with van der Waals surface area (Å²) in [6, 6.07) is 19.7. The van der Waals surface area contributed by atoms with E-state index < -0.39 is 6.04 Å². The topological polar surface area (TPSA) is 46.3 Å². The highest BCUT2D eigenvalue weighted by Crippen LogP contribution is 2.13. The number of amides is 1. The molecule has 0 heterocycles. The maximum Gasteiger partial charge on any atom is 0.240 e. The third-order valence-corrected chi connectivity index (χ3v) is 3.93. The van der Waals surface area contributed by atoms with Gasteiger partial charge in [-0.05, 0) is 17.5 Å². The molecule has 0 saturated carbocycles. The number of unbranched alkanes of at least 4 members (excludes halogenated alkanes) is 1. The molecule has 3 nitrogen and oxygen atoms in total. The van der Waals surface area contributed by atoms with Crippen LogP contribution < -0.4 is 5.73 Å². The number of carbonyl (C=O) groups is 1. The van der Waals surface area contributed by atoms with Crippen molar-refractivity contribution in [3.63, 3.8) is 0 Å². The fourth-order valence-corrected chi connectivity index (χ4v) is 2.60. The summed E-state index contributed by atoms with van der Waals surface area (Å²) < 4.78 is 0. The Bertz CT molecular complexity index is 542. The summed E-state index contributed by atoms with van der Waals surface area (Å²) in [6.07, 6.45) is 2.78. The summed E-state index contributed by atoms with van der Waals surface area (Å²) in [7, 11) is 0. The van der Waals surface area contributed by atoms with E-state index in [9.17, 15) is 4.79 Å². The predicted molar refractivity (Wildman–Crippen MR) is 94.6 cm³/mol. The van der Waals surface area contributed by atoms with Crippen molar-refractivity contribution >= 4 is 5.91 Å². The Balaban J connectivity index is 2.11. The third kappa shape index (κ3) is 5.53. The van der Waals surface area contributed by atoms with Crippen LogP contribution in [-0.4, -0.2) is 16.8 Å². The standard InChI is InChI=1S/C20H26N2O/c1-2-3-14-19(21)20(23)22(15-17-10-6-4-7-11-17)16-18-12-8-5-9-13-18/h4-13,19H,2-3,14-16,21H2,1H3. The molecule has 1 amide bonds. The van der Waals surface area contributed by atoms with E-state index >= 15 is 0 Å². The number of carbonyl (C=O) groups excluding carboxylic acids is 1. The molecule has 1 atom stereocenters. The van der Waals surface area contributed by atoms with Crippen LogP contribution >= 0.6 is 0 Å². The van der Waals surface area contributed by atoms with Crippen molar-refractivity contribution in [3.05, 3.63) is 71.8 Å². The highest BCUT2D eigenvalue weighted by atomic mass is 16.2. The minimum absolute atomic E-state index is 0.0335. The van der Waals surface area contributed by atoms with Gasteiger partial charge >= 0.3 is 0 Å². The minimum atomic E-state index is -0.414. The van der Waals surface area contributed by atoms with Gasteiger partial charge in [-0.1, -0.05) is 80.4 Å². The van der Waals surface area contributed by atoms with Crippen molar-refractivity contribution in [2.45, 2.75) is 45.3 Å². The molecule has 0 aliphatic rings. The van der Waals surface area contributed by atoms with Crippen LogP contribution in [0.4, 0.5) is 0 Å². The first kappa shape index (κ1) is 17.2. The largest absolute Gasteiger partial charge is 0.333 e. The first-order chi connectivity index (χ1) is 11.2. The van der Waals surface area contributed by atoms with E-state index in [0.717, 1.165) is 30.4 Å². The first-order valence-electron chi connectivity index (χ1n) is 8.33. The van der Waals surface area contributed by atoms with E-state index in [0.29, 0.717) is 13.1 Å². The lowest BCUT2D eigenvalue weighted by molar-refractivity contribution is -0.134. The average molecular weight is 310 g/mol. The maximum atomic E-state index is 12.8. The van der Waals surface area contributed by atoms with Crippen molar-refractivity contribution in [1.82, 2.24) is 4.90 Å². The number of benzene rings is 2. The lowest BCUT2D eigenvalue weighted by Gasteiger charge is -2.26. The van der Waals surface area contributed by atoms with Crippen molar-refractivity contribution in [2.75, 3.05) is 0 Å². The number of nitrogens with two attached hydrogens (primary N) is 1. The van der Waals surface area contributed by atoms with Gasteiger partial charge in [0.1, 0.15) is 0 Å². The van der Waals surface area contributed by atoms with Gasteiger partial charge in [0.05, 0.1) is 6.04 Å². The molecule has 1 unspecified atom stereocenters. The number of nitrogens with zero attached hydrogens (tertiary/aromatic N) is 1. The van der Waals surface area contributed by atoms with Crippen LogP contribution in [0.1, 0.15) is 37.3 Å². The van der Waals surface area contributed by atoms with E-state index in [4.69, 9.17) is 5.73 Å². The lowest BCUT2D eigenvalue weighted by Crippen LogP contribution is -2.43. The highest BCUT2D eigenvalue weighted by molar-refractivity contribution is 5.81. The molecule has 2 aromatic rings. The van der Waals surface area contributed by atoms with Crippen LogP contribution in [0, 0.1) is 0 Å². The smallest absolute Gasteiger partial charge is 0.240 e. The molecule has 0 radical (unpaired) electrons. The van der Waals surface area contributed by atoms with E-state index in [2.05, 4.69) is 6.92 Å². The average Bonchev–Trinajstić information content (AvgIpc) is 2.60. The molecule has 2 N–H and O–H groups in total. The molecule has 2 aromatic carbocycles. The molecule has 0 aliphatic carbocycles. The molecular formula is C20H26N2O. The molecular weight excluding hydrogens is 284 g/mol. The van der Waals surface area contributed by atoms with Gasteiger partial charge in [-0.25, -0.2) is 0 Å². The van der Waals surface area contributed by atoms with Crippen LogP contribution in [0.3, 0.4) is 0 Å². The normalized spacial score (nSPS) is 11.9. The van der Waals surface area contributed by atoms with Gasteiger partial charge < -0.3 is 10.6 Å². The molecule has 0 saturated heterocycles. The van der Waals surface area contributed by atoms with E-state index in [1.807, 2.05) is 65.6 Å². The van der Waals surface area contributed by atoms with Crippen LogP contribution in [0.15, 0.2) is 60.7 Å². The van der Waals surface area contributed by atoms with Gasteiger partial charge in [-0.15, -0.1) is 0 Å². The Morgan fingerprint density at radius 3 is 1.87 bits per heavy atom. The van der Waals surface area contributed by atoms with Crippen LogP contribution in [-0.2, 0) is 17.9 Å². The molecule has 0 aliphatic heterocycles. The van der Waals surface area contributed by atoms with E-state index in [1.165, 1.54) is 0 Å². The molecule has 0 aromatic heterocycles. The molecule has 23 heavy (non-hydrogen) atoms. The summed E-state index contributed by atoms with van der Waals surface area (Å²) in [5, 5.41) is 0. The number of rotatable bonds is 8. The van der Waals surface area contributed by atoms with Gasteiger partial charge in [-0.2, -0.15) is 0 Å². The van der Waals surface area contributed by atoms with Gasteiger partial charge in [-0.3, -0.25) is 4.79 Å². The van der Waals surface area contributed by atoms with Crippen LogP contribution in [0.25, 0.3) is 0 Å². The zero-order chi connectivity index (χ0) is 16.5. The minimum Gasteiger partial charge on any atom is -0.333 e. The monoisotopic (exact) mass is 310 g/mol. The van der Waals surface area contributed by atoms with Crippen molar-refractivity contribution in [1.29, 1.82) is 0 Å². The zero-order valence-electron chi connectivity index (χ0n) is 13.8. The quantitative estimate of drug-likeness (QED) is 0.807. The van der Waals surface area contributed by atoms with Gasteiger partial charge in [0.25, 0.3) is 0 Å². The third-order valence-electron chi connectivity index (χ3n) is 3.93. The molecule has 3 heteroatoms. The summed E-state index contributed by atoms with van der Waals surface area (Å²) in [4.78, 5) is 14.6. The van der Waals surface area contributed by atoms with E-state index in [1.54, 1.807) is 0 Å². The van der Waals surface area contributed by atoms with Crippen LogP contribution in [0.5, 0.6) is 0 Å². The zero-order valence-corrected chi connectivity index (χ0v) is 13.8. The summed E-state index contributed by atoms with van der Waals surface area (Å²) >= 11 is 0. The van der Waals surface area contributed by atoms with Crippen molar-refractivity contribution < 1.29 is 4.79 Å². The second-order valence-electron chi connectivity index (χ2n) is 5.91. The predicted octanol–water partition coefficient (Wildman–Crippen LogP) is 3.73. The molecule has 2 rings (SSSR count). The van der Waals surface area contributed by atoms with Crippen LogP contribution in [0.2, 0.25) is 0 Å². The fraction of sp³-hybridized carbons (Fsp3) is 0.350. The van der Waals surface area contributed by atoms with Crippen molar-refractivity contribution in [3.8, 4) is 0 Å². The Morgan fingerprint density at radius 2 is 1.43 bits per heavy atom. The SMILES string of the molecule is CCCCC(N)C(=O)N(Cc1ccccc1)Cc1ccccc1. The Kier molecular flexibility index (Phi) is 6.82. The summed E-state index contributed by atoms with van der Waals surface area (Å²) in [5.41, 5.74) is 8.37. The maximum absolute atomic E-state index is 12.8. The Hall–Kier alpha value is -2.13. The molecule has 0 spiro atoms.